The Bertz CT molecular complexity index is 330. The molecule has 1 amide bonds. The molecule has 0 fully saturated rings. The minimum absolute atomic E-state index is 0.00478. The lowest BCUT2D eigenvalue weighted by Crippen LogP contribution is -2.30. The van der Waals surface area contributed by atoms with E-state index in [2.05, 4.69) is 5.32 Å². The summed E-state index contributed by atoms with van der Waals surface area (Å²) in [4.78, 5) is 11.4. The highest BCUT2D eigenvalue weighted by Crippen LogP contribution is 2.08. The van der Waals surface area contributed by atoms with E-state index in [1.807, 2.05) is 29.5 Å². The number of carbonyl (C=O) groups excluding carboxylic acids is 1. The summed E-state index contributed by atoms with van der Waals surface area (Å²) in [6, 6.07) is 0. The van der Waals surface area contributed by atoms with Crippen LogP contribution in [0.25, 0.3) is 0 Å². The Hall–Kier alpha value is 0.110. The van der Waals surface area contributed by atoms with E-state index in [4.69, 9.17) is 4.74 Å². The van der Waals surface area contributed by atoms with Gasteiger partial charge in [0.15, 0.2) is 9.84 Å². The Morgan fingerprint density at radius 3 is 2.61 bits per heavy atom. The number of rotatable bonds is 10. The molecule has 0 saturated carbocycles. The third kappa shape index (κ3) is 9.09. The fourth-order valence-electron chi connectivity index (χ4n) is 1.16. The molecule has 1 unspecified atom stereocenters. The smallest absolute Gasteiger partial charge is 0.220 e. The van der Waals surface area contributed by atoms with Crippen molar-refractivity contribution in [2.45, 2.75) is 36.4 Å². The van der Waals surface area contributed by atoms with E-state index in [-0.39, 0.29) is 18.2 Å². The van der Waals surface area contributed by atoms with Crippen LogP contribution in [0.15, 0.2) is 0 Å². The first kappa shape index (κ1) is 18.1. The number of ether oxygens (including phenoxy) is 1. The van der Waals surface area contributed by atoms with Crippen molar-refractivity contribution in [2.75, 3.05) is 25.5 Å². The van der Waals surface area contributed by atoms with Gasteiger partial charge in [0, 0.05) is 26.2 Å². The highest BCUT2D eigenvalue weighted by atomic mass is 127. The van der Waals surface area contributed by atoms with Gasteiger partial charge in [0.05, 0.1) is 5.75 Å². The van der Waals surface area contributed by atoms with Crippen LogP contribution in [0.5, 0.6) is 0 Å². The van der Waals surface area contributed by atoms with E-state index < -0.39 is 13.1 Å². The number of hydrogen-bond acceptors (Lipinski definition) is 4. The van der Waals surface area contributed by atoms with Gasteiger partial charge in [-0.25, -0.2) is 8.42 Å². The number of carbonyl (C=O) groups is 1. The molecule has 0 saturated heterocycles. The Morgan fingerprint density at radius 1 is 1.39 bits per heavy atom. The van der Waals surface area contributed by atoms with Gasteiger partial charge in [0.2, 0.25) is 5.91 Å². The number of nitrogens with one attached hydrogen (secondary N) is 1. The monoisotopic (exact) mass is 391 g/mol. The molecule has 0 heterocycles. The topological polar surface area (TPSA) is 72.5 Å². The Balaban J connectivity index is 3.60. The summed E-state index contributed by atoms with van der Waals surface area (Å²) >= 11 is 1.86. The molecule has 5 nitrogen and oxygen atoms in total. The third-order valence-corrected chi connectivity index (χ3v) is 6.33. The van der Waals surface area contributed by atoms with Crippen molar-refractivity contribution < 1.29 is 17.9 Å². The average molecular weight is 391 g/mol. The molecule has 0 aromatic rings. The Morgan fingerprint density at radius 2 is 2.06 bits per heavy atom. The van der Waals surface area contributed by atoms with Gasteiger partial charge in [-0.3, -0.25) is 4.79 Å². The molecule has 0 aromatic carbocycles. The summed E-state index contributed by atoms with van der Waals surface area (Å²) in [5.41, 5.74) is 0. The molecule has 18 heavy (non-hydrogen) atoms. The lowest BCUT2D eigenvalue weighted by Gasteiger charge is -2.08. The molecule has 0 aliphatic rings. The van der Waals surface area contributed by atoms with Crippen LogP contribution in [0, 0.1) is 0 Å². The Kier molecular flexibility index (Phi) is 10.0. The van der Waals surface area contributed by atoms with Crippen LogP contribution >= 0.6 is 22.6 Å². The maximum Gasteiger partial charge on any atom is 0.220 e. The number of amides is 1. The first-order valence-corrected chi connectivity index (χ1v) is 9.06. The van der Waals surface area contributed by atoms with Gasteiger partial charge < -0.3 is 10.1 Å². The van der Waals surface area contributed by atoms with E-state index >= 15 is 0 Å². The van der Waals surface area contributed by atoms with Gasteiger partial charge in [0.25, 0.3) is 0 Å². The third-order valence-electron chi connectivity index (χ3n) is 2.24. The summed E-state index contributed by atoms with van der Waals surface area (Å²) in [6.07, 6.45) is 2.02. The van der Waals surface area contributed by atoms with Crippen molar-refractivity contribution >= 4 is 38.3 Å². The minimum Gasteiger partial charge on any atom is -0.381 e. The van der Waals surface area contributed by atoms with Crippen LogP contribution in [0.2, 0.25) is 0 Å². The standard InChI is InChI=1S/C11H22INO4S/c1-3-7-17-8-4-5-11(14)13-6-9-18(15,16)10(2)12/h10H,3-9H2,1-2H3,(H,13,14). The van der Waals surface area contributed by atoms with Crippen LogP contribution in [0.1, 0.15) is 33.1 Å². The van der Waals surface area contributed by atoms with E-state index in [1.54, 1.807) is 6.92 Å². The molecule has 0 aliphatic carbocycles. The molecule has 7 heteroatoms. The lowest BCUT2D eigenvalue weighted by molar-refractivity contribution is -0.121. The maximum atomic E-state index is 11.5. The summed E-state index contributed by atoms with van der Waals surface area (Å²) in [6.45, 7) is 5.13. The van der Waals surface area contributed by atoms with Gasteiger partial charge in [0.1, 0.15) is 3.26 Å². The molecule has 0 radical (unpaired) electrons. The predicted octanol–water partition coefficient (Wildman–Crippen LogP) is 1.51. The van der Waals surface area contributed by atoms with Crippen molar-refractivity contribution in [1.82, 2.24) is 5.32 Å². The molecule has 1 atom stereocenters. The van der Waals surface area contributed by atoms with Crippen molar-refractivity contribution in [3.63, 3.8) is 0 Å². The highest BCUT2D eigenvalue weighted by Gasteiger charge is 2.17. The minimum atomic E-state index is -3.08. The molecular weight excluding hydrogens is 369 g/mol. The SMILES string of the molecule is CCCOCCCC(=O)NCCS(=O)(=O)C(C)I. The zero-order chi connectivity index (χ0) is 14.0. The number of alkyl halides is 1. The second-order valence-corrected chi connectivity index (χ2v) is 9.13. The first-order chi connectivity index (χ1) is 8.40. The zero-order valence-electron chi connectivity index (χ0n) is 10.9. The molecule has 1 N–H and O–H groups in total. The second-order valence-electron chi connectivity index (χ2n) is 3.98. The fraction of sp³-hybridized carbons (Fsp3) is 0.909. The van der Waals surface area contributed by atoms with Crippen LogP contribution < -0.4 is 5.32 Å². The van der Waals surface area contributed by atoms with E-state index in [0.717, 1.165) is 6.42 Å². The summed E-state index contributed by atoms with van der Waals surface area (Å²) in [5.74, 6) is -0.124. The van der Waals surface area contributed by atoms with Crippen LogP contribution in [0.3, 0.4) is 0 Å². The predicted molar refractivity (Wildman–Crippen MR) is 80.6 cm³/mol. The normalized spacial score (nSPS) is 13.3. The summed E-state index contributed by atoms with van der Waals surface area (Å²) < 4.78 is 27.8. The van der Waals surface area contributed by atoms with Crippen LogP contribution in [-0.4, -0.2) is 43.1 Å². The largest absolute Gasteiger partial charge is 0.381 e. The highest BCUT2D eigenvalue weighted by molar-refractivity contribution is 14.1. The van der Waals surface area contributed by atoms with Gasteiger partial charge in [-0.2, -0.15) is 0 Å². The number of hydrogen-bond donors (Lipinski definition) is 1. The van der Waals surface area contributed by atoms with Crippen molar-refractivity contribution in [2.24, 2.45) is 0 Å². The molecule has 0 bridgehead atoms. The lowest BCUT2D eigenvalue weighted by atomic mass is 10.3. The molecule has 0 aromatic heterocycles. The summed E-state index contributed by atoms with van der Waals surface area (Å²) in [7, 11) is -3.08. The molecular formula is C11H22INO4S. The Labute approximate surface area is 123 Å². The summed E-state index contributed by atoms with van der Waals surface area (Å²) in [5, 5.41) is 2.61. The van der Waals surface area contributed by atoms with E-state index in [1.165, 1.54) is 0 Å². The zero-order valence-corrected chi connectivity index (χ0v) is 13.9. The number of sulfone groups is 1. The van der Waals surface area contributed by atoms with Crippen molar-refractivity contribution in [1.29, 1.82) is 0 Å². The quantitative estimate of drug-likeness (QED) is 0.348. The number of halogens is 1. The second kappa shape index (κ2) is 9.96. The van der Waals surface area contributed by atoms with Gasteiger partial charge >= 0.3 is 0 Å². The van der Waals surface area contributed by atoms with Crippen LogP contribution in [-0.2, 0) is 19.4 Å². The van der Waals surface area contributed by atoms with E-state index in [9.17, 15) is 13.2 Å². The fourth-order valence-corrected chi connectivity index (χ4v) is 2.64. The van der Waals surface area contributed by atoms with Crippen molar-refractivity contribution in [3.05, 3.63) is 0 Å². The molecule has 0 spiro atoms. The maximum absolute atomic E-state index is 11.5. The van der Waals surface area contributed by atoms with Gasteiger partial charge in [-0.15, -0.1) is 0 Å². The average Bonchev–Trinajstić information content (AvgIpc) is 2.28. The van der Waals surface area contributed by atoms with Crippen molar-refractivity contribution in [3.8, 4) is 0 Å². The molecule has 0 rings (SSSR count). The van der Waals surface area contributed by atoms with Gasteiger partial charge in [-0.05, 0) is 19.8 Å². The first-order valence-electron chi connectivity index (χ1n) is 6.10. The van der Waals surface area contributed by atoms with Gasteiger partial charge in [-0.1, -0.05) is 29.5 Å². The molecule has 108 valence electrons. The van der Waals surface area contributed by atoms with Crippen LogP contribution in [0.4, 0.5) is 0 Å². The van der Waals surface area contributed by atoms with E-state index in [0.29, 0.717) is 26.1 Å². The molecule has 0 aliphatic heterocycles.